The van der Waals surface area contributed by atoms with Crippen molar-refractivity contribution in [1.82, 2.24) is 0 Å². The predicted molar refractivity (Wildman–Crippen MR) is 210 cm³/mol. The monoisotopic (exact) mass is 670 g/mol. The lowest BCUT2D eigenvalue weighted by molar-refractivity contribution is 0.472. The first-order valence-electron chi connectivity index (χ1n) is 17.3. The maximum atomic E-state index is 6.98. The van der Waals surface area contributed by atoms with Crippen molar-refractivity contribution in [2.75, 3.05) is 0 Å². The molecule has 4 heteroatoms. The highest BCUT2D eigenvalue weighted by atomic mass is 16.5. The van der Waals surface area contributed by atoms with E-state index in [0.29, 0.717) is 5.75 Å². The van der Waals surface area contributed by atoms with E-state index in [4.69, 9.17) is 18.6 Å². The predicted octanol–water partition coefficient (Wildman–Crippen LogP) is 13.6. The SMILES string of the molecule is C=C1/C=C\C=C/Oc2cccc(-c3ccc4c(c3)Oc3ccccc3-c3ccccc3Oc3cc(-c5cccc6oc7ccccc7c56)ccc3-4)c21. The summed E-state index contributed by atoms with van der Waals surface area (Å²) in [4.78, 5) is 0. The van der Waals surface area contributed by atoms with Crippen molar-refractivity contribution in [3.8, 4) is 73.3 Å². The van der Waals surface area contributed by atoms with Gasteiger partial charge in [-0.15, -0.1) is 0 Å². The Balaban J connectivity index is 1.20. The molecule has 0 amide bonds. The maximum Gasteiger partial charge on any atom is 0.136 e. The molecule has 0 bridgehead atoms. The second-order valence-electron chi connectivity index (χ2n) is 12.9. The van der Waals surface area contributed by atoms with E-state index in [-0.39, 0.29) is 0 Å². The Labute approximate surface area is 300 Å². The van der Waals surface area contributed by atoms with Gasteiger partial charge in [0.15, 0.2) is 0 Å². The first-order chi connectivity index (χ1) is 25.7. The Hall–Kier alpha value is -7.04. The molecule has 246 valence electrons. The molecule has 8 aromatic rings. The molecule has 0 atom stereocenters. The lowest BCUT2D eigenvalue weighted by Crippen LogP contribution is -1.99. The van der Waals surface area contributed by atoms with Crippen LogP contribution in [0.1, 0.15) is 5.56 Å². The average molecular weight is 671 g/mol. The summed E-state index contributed by atoms with van der Waals surface area (Å²) in [6.07, 6.45) is 7.50. The van der Waals surface area contributed by atoms with E-state index < -0.39 is 0 Å². The van der Waals surface area contributed by atoms with Crippen molar-refractivity contribution in [2.24, 2.45) is 0 Å². The van der Waals surface area contributed by atoms with Gasteiger partial charge in [0.25, 0.3) is 0 Å². The minimum absolute atomic E-state index is 0.704. The summed E-state index contributed by atoms with van der Waals surface area (Å²) in [5.41, 5.74) is 11.3. The molecule has 1 aromatic heterocycles. The fourth-order valence-corrected chi connectivity index (χ4v) is 7.42. The molecular weight excluding hydrogens is 641 g/mol. The topological polar surface area (TPSA) is 40.8 Å². The van der Waals surface area contributed by atoms with Crippen LogP contribution in [0.5, 0.6) is 28.7 Å². The van der Waals surface area contributed by atoms with Crippen molar-refractivity contribution < 1.29 is 18.6 Å². The normalized spacial score (nSPS) is 14.2. The molecule has 0 N–H and O–H groups in total. The van der Waals surface area contributed by atoms with Gasteiger partial charge in [-0.05, 0) is 88.5 Å². The van der Waals surface area contributed by atoms with Crippen LogP contribution in [0.4, 0.5) is 0 Å². The van der Waals surface area contributed by atoms with Crippen molar-refractivity contribution in [3.63, 3.8) is 0 Å². The van der Waals surface area contributed by atoms with Gasteiger partial charge in [0.2, 0.25) is 0 Å². The van der Waals surface area contributed by atoms with Gasteiger partial charge in [0.05, 0.1) is 6.26 Å². The van der Waals surface area contributed by atoms with Gasteiger partial charge in [-0.2, -0.15) is 0 Å². The number of para-hydroxylation sites is 3. The van der Waals surface area contributed by atoms with Crippen LogP contribution in [0.15, 0.2) is 181 Å². The first-order valence-corrected chi connectivity index (χ1v) is 17.3. The van der Waals surface area contributed by atoms with Gasteiger partial charge in [-0.25, -0.2) is 0 Å². The second kappa shape index (κ2) is 12.1. The molecule has 7 aromatic carbocycles. The zero-order valence-corrected chi connectivity index (χ0v) is 28.0. The molecule has 10 rings (SSSR count). The molecule has 0 unspecified atom stereocenters. The average Bonchev–Trinajstić information content (AvgIpc) is 3.56. The van der Waals surface area contributed by atoms with Crippen LogP contribution < -0.4 is 14.2 Å². The van der Waals surface area contributed by atoms with Crippen molar-refractivity contribution in [2.45, 2.75) is 0 Å². The molecule has 4 nitrogen and oxygen atoms in total. The fraction of sp³-hybridized carbons (Fsp3) is 0. The minimum atomic E-state index is 0.704. The number of fused-ring (bicyclic) bond motifs is 10. The fourth-order valence-electron chi connectivity index (χ4n) is 7.42. The number of rotatable bonds is 2. The largest absolute Gasteiger partial charge is 0.464 e. The highest BCUT2D eigenvalue weighted by Gasteiger charge is 2.23. The van der Waals surface area contributed by atoms with Gasteiger partial charge in [0.1, 0.15) is 39.9 Å². The van der Waals surface area contributed by atoms with Crippen LogP contribution in [0.2, 0.25) is 0 Å². The van der Waals surface area contributed by atoms with Crippen LogP contribution in [0.3, 0.4) is 0 Å². The summed E-state index contributed by atoms with van der Waals surface area (Å²) < 4.78 is 26.2. The standard InChI is InChI=1S/C48H30O4/c1-30-12-8-9-27-49-43-21-10-16-33(47(30)43)31-23-25-37-38-26-24-32(34-17-11-22-44-48(34)39-15-4-7-20-42(39)50-44)29-46(38)52-41-19-6-3-14-36(41)35-13-2-5-18-40(35)51-45(37)28-31/h2-29H,1H2/b12-8-,27-9-. The summed E-state index contributed by atoms with van der Waals surface area (Å²) in [7, 11) is 0. The second-order valence-corrected chi connectivity index (χ2v) is 12.9. The van der Waals surface area contributed by atoms with E-state index in [1.54, 1.807) is 6.26 Å². The molecule has 0 saturated heterocycles. The van der Waals surface area contributed by atoms with Gasteiger partial charge in [-0.1, -0.05) is 110 Å². The quantitative estimate of drug-likeness (QED) is 0.184. The van der Waals surface area contributed by atoms with E-state index in [1.807, 2.05) is 91.0 Å². The van der Waals surface area contributed by atoms with Crippen LogP contribution in [0.25, 0.3) is 72.0 Å². The van der Waals surface area contributed by atoms with Gasteiger partial charge >= 0.3 is 0 Å². The summed E-state index contributed by atoms with van der Waals surface area (Å²) in [5.74, 6) is 3.65. The molecule has 0 saturated carbocycles. The van der Waals surface area contributed by atoms with Crippen molar-refractivity contribution >= 4 is 27.5 Å². The molecule has 0 spiro atoms. The van der Waals surface area contributed by atoms with Crippen LogP contribution in [-0.4, -0.2) is 0 Å². The number of hydrogen-bond acceptors (Lipinski definition) is 4. The zero-order valence-electron chi connectivity index (χ0n) is 28.0. The van der Waals surface area contributed by atoms with Gasteiger partial charge < -0.3 is 18.6 Å². The number of benzene rings is 7. The van der Waals surface area contributed by atoms with Gasteiger partial charge in [0, 0.05) is 38.6 Å². The Morgan fingerprint density at radius 2 is 0.981 bits per heavy atom. The van der Waals surface area contributed by atoms with Crippen LogP contribution in [-0.2, 0) is 0 Å². The smallest absolute Gasteiger partial charge is 0.136 e. The van der Waals surface area contributed by atoms with Gasteiger partial charge in [-0.3, -0.25) is 0 Å². The Bertz CT molecular complexity index is 2800. The Morgan fingerprint density at radius 1 is 0.423 bits per heavy atom. The van der Waals surface area contributed by atoms with E-state index in [9.17, 15) is 0 Å². The van der Waals surface area contributed by atoms with E-state index in [2.05, 4.69) is 79.4 Å². The number of hydrogen-bond donors (Lipinski definition) is 0. The molecule has 0 fully saturated rings. The van der Waals surface area contributed by atoms with E-state index in [1.165, 1.54) is 0 Å². The third-order valence-electron chi connectivity index (χ3n) is 9.81. The third-order valence-corrected chi connectivity index (χ3v) is 9.81. The Morgan fingerprint density at radius 3 is 1.73 bits per heavy atom. The molecular formula is C48H30O4. The summed E-state index contributed by atoms with van der Waals surface area (Å²) >= 11 is 0. The molecule has 52 heavy (non-hydrogen) atoms. The lowest BCUT2D eigenvalue weighted by Gasteiger charge is -2.23. The van der Waals surface area contributed by atoms with Crippen molar-refractivity contribution in [3.05, 3.63) is 182 Å². The first kappa shape index (κ1) is 29.8. The highest BCUT2D eigenvalue weighted by molar-refractivity contribution is 6.12. The van der Waals surface area contributed by atoms with E-state index >= 15 is 0 Å². The summed E-state index contributed by atoms with van der Waals surface area (Å²) in [6.45, 7) is 4.37. The molecule has 2 aliphatic rings. The molecule has 2 aliphatic heterocycles. The number of furan rings is 1. The van der Waals surface area contributed by atoms with E-state index in [0.717, 1.165) is 101 Å². The van der Waals surface area contributed by atoms with Crippen LogP contribution >= 0.6 is 0 Å². The lowest BCUT2D eigenvalue weighted by atomic mass is 9.91. The maximum absolute atomic E-state index is 6.98. The highest BCUT2D eigenvalue weighted by Crippen LogP contribution is 2.50. The minimum Gasteiger partial charge on any atom is -0.464 e. The molecule has 3 heterocycles. The summed E-state index contributed by atoms with van der Waals surface area (Å²) in [6, 6.07) is 49.5. The zero-order chi connectivity index (χ0) is 34.6. The number of allylic oxidation sites excluding steroid dienone is 4. The molecule has 0 aliphatic carbocycles. The number of ether oxygens (including phenoxy) is 3. The Kier molecular flexibility index (Phi) is 6.93. The van der Waals surface area contributed by atoms with Crippen LogP contribution in [0, 0.1) is 0 Å². The third kappa shape index (κ3) is 4.92. The molecule has 0 radical (unpaired) electrons. The summed E-state index contributed by atoms with van der Waals surface area (Å²) in [5, 5.41) is 2.16. The van der Waals surface area contributed by atoms with Crippen molar-refractivity contribution in [1.29, 1.82) is 0 Å².